The zero-order chi connectivity index (χ0) is 21.1. The number of fused-ring (bicyclic) bond motifs is 1. The fourth-order valence-corrected chi connectivity index (χ4v) is 4.10. The zero-order valence-electron chi connectivity index (χ0n) is 17.4. The molecule has 0 spiro atoms. The Labute approximate surface area is 176 Å². The zero-order valence-corrected chi connectivity index (χ0v) is 17.4. The van der Waals surface area contributed by atoms with Crippen molar-refractivity contribution in [1.29, 1.82) is 0 Å². The predicted octanol–water partition coefficient (Wildman–Crippen LogP) is 4.91. The van der Waals surface area contributed by atoms with Crippen molar-refractivity contribution in [3.05, 3.63) is 82.7 Å². The predicted molar refractivity (Wildman–Crippen MR) is 115 cm³/mol. The molecule has 5 heteroatoms. The number of nitrogens with one attached hydrogen (secondary N) is 1. The first kappa shape index (κ1) is 20.1. The molecule has 0 saturated carbocycles. The number of hydrogen-bond acceptors (Lipinski definition) is 4. The Balaban J connectivity index is 1.68. The largest absolute Gasteiger partial charge is 0.491 e. The molecular weight excluding hydrogens is 376 g/mol. The maximum absolute atomic E-state index is 13.0. The smallest absolute Gasteiger partial charge is 0.166 e. The monoisotopic (exact) mass is 402 g/mol. The van der Waals surface area contributed by atoms with Gasteiger partial charge in [0.1, 0.15) is 12.4 Å². The number of rotatable bonds is 8. The molecule has 1 unspecified atom stereocenters. The van der Waals surface area contributed by atoms with Crippen LogP contribution < -0.4 is 4.74 Å². The first-order valence-corrected chi connectivity index (χ1v) is 10.4. The van der Waals surface area contributed by atoms with Crippen molar-refractivity contribution in [3.8, 4) is 5.75 Å². The van der Waals surface area contributed by atoms with Crippen LogP contribution in [0.1, 0.15) is 70.5 Å². The average molecular weight is 402 g/mol. The van der Waals surface area contributed by atoms with E-state index in [2.05, 4.69) is 29.3 Å². The highest BCUT2D eigenvalue weighted by molar-refractivity contribution is 6.04. The van der Waals surface area contributed by atoms with E-state index in [4.69, 9.17) is 4.74 Å². The number of carbonyl (C=O) groups excluding carboxylic acids is 2. The Kier molecular flexibility index (Phi) is 5.53. The van der Waals surface area contributed by atoms with Gasteiger partial charge in [-0.1, -0.05) is 37.3 Å². The molecule has 0 aliphatic carbocycles. The molecule has 1 aliphatic heterocycles. The van der Waals surface area contributed by atoms with Gasteiger partial charge in [0.05, 0.1) is 17.2 Å². The highest BCUT2D eigenvalue weighted by atomic mass is 16.5. The number of benzene rings is 2. The third-order valence-corrected chi connectivity index (χ3v) is 5.97. The molecule has 0 bridgehead atoms. The van der Waals surface area contributed by atoms with Crippen LogP contribution in [0.2, 0.25) is 0 Å². The number of H-pyrrole nitrogens is 1. The summed E-state index contributed by atoms with van der Waals surface area (Å²) in [5.41, 5.74) is 3.84. The number of nitrogens with zero attached hydrogens (tertiary/aromatic N) is 1. The summed E-state index contributed by atoms with van der Waals surface area (Å²) >= 11 is 0. The van der Waals surface area contributed by atoms with E-state index >= 15 is 0 Å². The summed E-state index contributed by atoms with van der Waals surface area (Å²) in [5, 5.41) is 6.73. The van der Waals surface area contributed by atoms with E-state index in [1.54, 1.807) is 12.3 Å². The number of aromatic nitrogens is 2. The van der Waals surface area contributed by atoms with E-state index in [1.807, 2.05) is 37.4 Å². The van der Waals surface area contributed by atoms with E-state index in [0.29, 0.717) is 36.3 Å². The number of hydrogen-bond donors (Lipinski definition) is 1. The Hall–Kier alpha value is -3.21. The number of carbonyl (C=O) groups is 2. The fourth-order valence-electron chi connectivity index (χ4n) is 4.10. The van der Waals surface area contributed by atoms with Crippen LogP contribution in [0.3, 0.4) is 0 Å². The van der Waals surface area contributed by atoms with E-state index < -0.39 is 5.41 Å². The molecule has 0 saturated heterocycles. The van der Waals surface area contributed by atoms with Crippen LogP contribution in [0.15, 0.2) is 54.9 Å². The number of ether oxygens (including phenoxy) is 1. The molecule has 30 heavy (non-hydrogen) atoms. The summed E-state index contributed by atoms with van der Waals surface area (Å²) in [6.07, 6.45) is 5.95. The van der Waals surface area contributed by atoms with E-state index in [1.165, 1.54) is 0 Å². The topological polar surface area (TPSA) is 72.0 Å². The molecule has 0 radical (unpaired) electrons. The van der Waals surface area contributed by atoms with Crippen LogP contribution >= 0.6 is 0 Å². The van der Waals surface area contributed by atoms with Crippen LogP contribution in [-0.4, -0.2) is 28.4 Å². The summed E-state index contributed by atoms with van der Waals surface area (Å²) in [6.45, 7) is 4.40. The van der Waals surface area contributed by atoms with Crippen LogP contribution in [0, 0.1) is 0 Å². The van der Waals surface area contributed by atoms with Crippen molar-refractivity contribution in [2.75, 3.05) is 6.61 Å². The lowest BCUT2D eigenvalue weighted by molar-refractivity contribution is 0.0980. The van der Waals surface area contributed by atoms with Crippen LogP contribution in [0.4, 0.5) is 0 Å². The van der Waals surface area contributed by atoms with Crippen molar-refractivity contribution in [3.63, 3.8) is 0 Å². The second-order valence-corrected chi connectivity index (χ2v) is 8.05. The Morgan fingerprint density at radius 1 is 1.17 bits per heavy atom. The fraction of sp³-hybridized carbons (Fsp3) is 0.320. The standard InChI is InChI=1S/C25H26N2O3/c1-3-22(28)20-12-18(23(29)11-7-8-17-14-26-27-15-17)13-21-24(20)30-16-25(21,2)19-9-5-4-6-10-19/h4-6,9-10,12-15H,3,7-8,11,16H2,1-2H3,(H,26,27). The van der Waals surface area contributed by atoms with Crippen molar-refractivity contribution >= 4 is 11.6 Å². The molecule has 2 aromatic carbocycles. The van der Waals surface area contributed by atoms with Crippen LogP contribution in [-0.2, 0) is 11.8 Å². The van der Waals surface area contributed by atoms with Gasteiger partial charge in [0.25, 0.3) is 0 Å². The number of aromatic amines is 1. The SMILES string of the molecule is CCC(=O)c1cc(C(=O)CCCc2cn[nH]c2)cc2c1OCC2(C)c1ccccc1. The van der Waals surface area contributed by atoms with Crippen molar-refractivity contribution in [2.24, 2.45) is 0 Å². The van der Waals surface area contributed by atoms with Gasteiger partial charge in [-0.2, -0.15) is 5.10 Å². The Morgan fingerprint density at radius 3 is 2.67 bits per heavy atom. The first-order chi connectivity index (χ1) is 14.5. The van der Waals surface area contributed by atoms with Gasteiger partial charge in [0, 0.05) is 30.2 Å². The molecular formula is C25H26N2O3. The molecule has 2 heterocycles. The lowest BCUT2D eigenvalue weighted by atomic mass is 9.76. The third-order valence-electron chi connectivity index (χ3n) is 5.97. The minimum atomic E-state index is -0.396. The second-order valence-electron chi connectivity index (χ2n) is 8.05. The van der Waals surface area contributed by atoms with Crippen molar-refractivity contribution in [1.82, 2.24) is 10.2 Å². The molecule has 0 fully saturated rings. The van der Waals surface area contributed by atoms with Gasteiger partial charge in [0.15, 0.2) is 11.6 Å². The maximum atomic E-state index is 13.0. The van der Waals surface area contributed by atoms with Gasteiger partial charge >= 0.3 is 0 Å². The second kappa shape index (κ2) is 8.27. The minimum absolute atomic E-state index is 0.00314. The van der Waals surface area contributed by atoms with Gasteiger partial charge in [0.2, 0.25) is 0 Å². The maximum Gasteiger partial charge on any atom is 0.166 e. The number of ketones is 2. The molecule has 1 aliphatic rings. The number of Topliss-reactive ketones (excluding diaryl/α,β-unsaturated/α-hetero) is 2. The third kappa shape index (κ3) is 3.67. The van der Waals surface area contributed by atoms with Gasteiger partial charge in [-0.05, 0) is 43.0 Å². The minimum Gasteiger partial charge on any atom is -0.491 e. The summed E-state index contributed by atoms with van der Waals surface area (Å²) in [6, 6.07) is 13.8. The van der Waals surface area contributed by atoms with Gasteiger partial charge < -0.3 is 4.74 Å². The van der Waals surface area contributed by atoms with Gasteiger partial charge in [-0.3, -0.25) is 14.7 Å². The normalized spacial score (nSPS) is 17.4. The molecule has 5 nitrogen and oxygen atoms in total. The van der Waals surface area contributed by atoms with E-state index in [0.717, 1.165) is 29.5 Å². The van der Waals surface area contributed by atoms with Crippen LogP contribution in [0.25, 0.3) is 0 Å². The van der Waals surface area contributed by atoms with Crippen molar-refractivity contribution < 1.29 is 14.3 Å². The molecule has 0 amide bonds. The molecule has 1 atom stereocenters. The van der Waals surface area contributed by atoms with Crippen molar-refractivity contribution in [2.45, 2.75) is 44.9 Å². The van der Waals surface area contributed by atoms with Gasteiger partial charge in [-0.15, -0.1) is 0 Å². The lowest BCUT2D eigenvalue weighted by Crippen LogP contribution is -2.25. The molecule has 3 aromatic rings. The highest BCUT2D eigenvalue weighted by Gasteiger charge is 2.40. The molecule has 1 N–H and O–H groups in total. The molecule has 1 aromatic heterocycles. The summed E-state index contributed by atoms with van der Waals surface area (Å²) in [7, 11) is 0. The molecule has 4 rings (SSSR count). The Morgan fingerprint density at radius 2 is 1.97 bits per heavy atom. The first-order valence-electron chi connectivity index (χ1n) is 10.4. The molecule has 154 valence electrons. The Bertz CT molecular complexity index is 1060. The summed E-state index contributed by atoms with van der Waals surface area (Å²) in [5.74, 6) is 0.675. The highest BCUT2D eigenvalue weighted by Crippen LogP contribution is 2.46. The van der Waals surface area contributed by atoms with Crippen LogP contribution in [0.5, 0.6) is 5.75 Å². The summed E-state index contributed by atoms with van der Waals surface area (Å²) in [4.78, 5) is 25.7. The average Bonchev–Trinajstić information content (AvgIpc) is 3.42. The quantitative estimate of drug-likeness (QED) is 0.544. The van der Waals surface area contributed by atoms with E-state index in [9.17, 15) is 9.59 Å². The summed E-state index contributed by atoms with van der Waals surface area (Å²) < 4.78 is 6.04. The lowest BCUT2D eigenvalue weighted by Gasteiger charge is -2.24. The van der Waals surface area contributed by atoms with E-state index in [-0.39, 0.29) is 11.6 Å². The number of aryl methyl sites for hydroxylation is 1. The van der Waals surface area contributed by atoms with Gasteiger partial charge in [-0.25, -0.2) is 0 Å².